The molecule has 2 rings (SSSR count). The third-order valence-corrected chi connectivity index (χ3v) is 3.44. The second-order valence-electron chi connectivity index (χ2n) is 5.40. The van der Waals surface area contributed by atoms with Crippen molar-refractivity contribution in [2.75, 3.05) is 6.61 Å². The van der Waals surface area contributed by atoms with Crippen LogP contribution in [-0.2, 0) is 6.42 Å². The predicted octanol–water partition coefficient (Wildman–Crippen LogP) is 3.57. The van der Waals surface area contributed by atoms with E-state index in [1.165, 1.54) is 5.56 Å². The lowest BCUT2D eigenvalue weighted by Gasteiger charge is -2.32. The van der Waals surface area contributed by atoms with E-state index < -0.39 is 0 Å². The molecule has 1 aromatic rings. The van der Waals surface area contributed by atoms with Gasteiger partial charge in [0, 0.05) is 0 Å². The summed E-state index contributed by atoms with van der Waals surface area (Å²) in [6, 6.07) is 10.5. The molecule has 0 aliphatic carbocycles. The van der Waals surface area contributed by atoms with E-state index in [1.807, 2.05) is 18.2 Å². The SMILES string of the molecule is CC(C)CCC1(C#N)COc2ccccc2C1. The summed E-state index contributed by atoms with van der Waals surface area (Å²) in [4.78, 5) is 0. The van der Waals surface area contributed by atoms with Crippen molar-refractivity contribution in [2.45, 2.75) is 33.1 Å². The smallest absolute Gasteiger partial charge is 0.122 e. The van der Waals surface area contributed by atoms with Gasteiger partial charge in [0.15, 0.2) is 0 Å². The quantitative estimate of drug-likeness (QED) is 0.793. The van der Waals surface area contributed by atoms with Gasteiger partial charge in [-0.2, -0.15) is 5.26 Å². The van der Waals surface area contributed by atoms with Crippen LogP contribution in [0.2, 0.25) is 0 Å². The van der Waals surface area contributed by atoms with Gasteiger partial charge in [0.25, 0.3) is 0 Å². The minimum Gasteiger partial charge on any atom is -0.492 e. The lowest BCUT2D eigenvalue weighted by atomic mass is 9.77. The van der Waals surface area contributed by atoms with Crippen molar-refractivity contribution in [3.63, 3.8) is 0 Å². The number of nitriles is 1. The highest BCUT2D eigenvalue weighted by atomic mass is 16.5. The summed E-state index contributed by atoms with van der Waals surface area (Å²) in [5.41, 5.74) is 0.850. The Balaban J connectivity index is 2.15. The number of benzene rings is 1. The molecular formula is C15H19NO. The first kappa shape index (κ1) is 12.0. The van der Waals surface area contributed by atoms with Crippen molar-refractivity contribution < 1.29 is 4.74 Å². The minimum absolute atomic E-state index is 0.321. The van der Waals surface area contributed by atoms with Crippen LogP contribution in [0.1, 0.15) is 32.3 Å². The summed E-state index contributed by atoms with van der Waals surface area (Å²) >= 11 is 0. The largest absolute Gasteiger partial charge is 0.492 e. The molecule has 0 saturated carbocycles. The Bertz CT molecular complexity index is 433. The van der Waals surface area contributed by atoms with Gasteiger partial charge in [-0.05, 0) is 36.8 Å². The number of para-hydroxylation sites is 1. The molecule has 0 radical (unpaired) electrons. The first-order valence-electron chi connectivity index (χ1n) is 6.27. The molecule has 0 aromatic heterocycles. The van der Waals surface area contributed by atoms with Crippen LogP contribution in [0, 0.1) is 22.7 Å². The Labute approximate surface area is 103 Å². The minimum atomic E-state index is -0.321. The first-order valence-corrected chi connectivity index (χ1v) is 6.27. The Kier molecular flexibility index (Phi) is 3.38. The van der Waals surface area contributed by atoms with E-state index in [0.29, 0.717) is 12.5 Å². The zero-order valence-corrected chi connectivity index (χ0v) is 10.6. The lowest BCUT2D eigenvalue weighted by molar-refractivity contribution is 0.153. The monoisotopic (exact) mass is 229 g/mol. The van der Waals surface area contributed by atoms with Gasteiger partial charge in [-0.1, -0.05) is 32.0 Å². The highest BCUT2D eigenvalue weighted by molar-refractivity contribution is 5.37. The Hall–Kier alpha value is -1.49. The Morgan fingerprint density at radius 2 is 2.18 bits per heavy atom. The van der Waals surface area contributed by atoms with Crippen LogP contribution in [-0.4, -0.2) is 6.61 Å². The summed E-state index contributed by atoms with van der Waals surface area (Å²) in [5.74, 6) is 1.58. The highest BCUT2D eigenvalue weighted by Crippen LogP contribution is 2.37. The van der Waals surface area contributed by atoms with Crippen LogP contribution in [0.25, 0.3) is 0 Å². The third kappa shape index (κ3) is 2.61. The van der Waals surface area contributed by atoms with Crippen molar-refractivity contribution in [1.29, 1.82) is 5.26 Å². The van der Waals surface area contributed by atoms with E-state index in [2.05, 4.69) is 26.0 Å². The van der Waals surface area contributed by atoms with E-state index >= 15 is 0 Å². The maximum Gasteiger partial charge on any atom is 0.122 e. The average molecular weight is 229 g/mol. The molecule has 0 N–H and O–H groups in total. The molecule has 0 spiro atoms. The van der Waals surface area contributed by atoms with Crippen molar-refractivity contribution >= 4 is 0 Å². The van der Waals surface area contributed by atoms with E-state index in [9.17, 15) is 5.26 Å². The molecule has 2 nitrogen and oxygen atoms in total. The fourth-order valence-corrected chi connectivity index (χ4v) is 2.28. The van der Waals surface area contributed by atoms with Gasteiger partial charge in [0.2, 0.25) is 0 Å². The van der Waals surface area contributed by atoms with Crippen molar-refractivity contribution in [1.82, 2.24) is 0 Å². The molecule has 0 amide bonds. The van der Waals surface area contributed by atoms with Crippen LogP contribution < -0.4 is 4.74 Å². The summed E-state index contributed by atoms with van der Waals surface area (Å²) in [7, 11) is 0. The average Bonchev–Trinajstić information content (AvgIpc) is 2.36. The molecule has 2 heteroatoms. The van der Waals surface area contributed by atoms with E-state index in [0.717, 1.165) is 25.0 Å². The van der Waals surface area contributed by atoms with Crippen LogP contribution >= 0.6 is 0 Å². The zero-order valence-electron chi connectivity index (χ0n) is 10.6. The normalized spacial score (nSPS) is 22.7. The predicted molar refractivity (Wildman–Crippen MR) is 67.8 cm³/mol. The topological polar surface area (TPSA) is 33.0 Å². The number of nitrogens with zero attached hydrogens (tertiary/aromatic N) is 1. The molecular weight excluding hydrogens is 210 g/mol. The van der Waals surface area contributed by atoms with Crippen molar-refractivity contribution in [3.8, 4) is 11.8 Å². The second kappa shape index (κ2) is 4.79. The number of fused-ring (bicyclic) bond motifs is 1. The molecule has 1 aliphatic rings. The van der Waals surface area contributed by atoms with Gasteiger partial charge < -0.3 is 4.74 Å². The van der Waals surface area contributed by atoms with Crippen LogP contribution in [0.4, 0.5) is 0 Å². The van der Waals surface area contributed by atoms with Gasteiger partial charge in [-0.3, -0.25) is 0 Å². The van der Waals surface area contributed by atoms with Gasteiger partial charge >= 0.3 is 0 Å². The van der Waals surface area contributed by atoms with Crippen LogP contribution in [0.5, 0.6) is 5.75 Å². The summed E-state index contributed by atoms with van der Waals surface area (Å²) < 4.78 is 5.74. The molecule has 1 aliphatic heterocycles. The maximum atomic E-state index is 9.45. The van der Waals surface area contributed by atoms with Gasteiger partial charge in [-0.25, -0.2) is 0 Å². The Morgan fingerprint density at radius 1 is 1.41 bits per heavy atom. The first-order chi connectivity index (χ1) is 8.15. The molecule has 1 unspecified atom stereocenters. The molecule has 0 fully saturated rings. The van der Waals surface area contributed by atoms with Gasteiger partial charge in [0.05, 0.1) is 11.5 Å². The lowest BCUT2D eigenvalue weighted by Crippen LogP contribution is -2.33. The molecule has 17 heavy (non-hydrogen) atoms. The van der Waals surface area contributed by atoms with Crippen LogP contribution in [0.3, 0.4) is 0 Å². The van der Waals surface area contributed by atoms with Crippen molar-refractivity contribution in [3.05, 3.63) is 29.8 Å². The van der Waals surface area contributed by atoms with Crippen LogP contribution in [0.15, 0.2) is 24.3 Å². The molecule has 0 saturated heterocycles. The fourth-order valence-electron chi connectivity index (χ4n) is 2.28. The number of hydrogen-bond donors (Lipinski definition) is 0. The van der Waals surface area contributed by atoms with E-state index in [4.69, 9.17) is 4.74 Å². The molecule has 90 valence electrons. The third-order valence-electron chi connectivity index (χ3n) is 3.44. The van der Waals surface area contributed by atoms with Gasteiger partial charge in [-0.15, -0.1) is 0 Å². The summed E-state index contributed by atoms with van der Waals surface area (Å²) in [5, 5.41) is 9.45. The zero-order chi connectivity index (χ0) is 12.3. The summed E-state index contributed by atoms with van der Waals surface area (Å²) in [6.45, 7) is 4.93. The van der Waals surface area contributed by atoms with E-state index in [1.54, 1.807) is 0 Å². The molecule has 0 bridgehead atoms. The van der Waals surface area contributed by atoms with Gasteiger partial charge in [0.1, 0.15) is 12.4 Å². The maximum absolute atomic E-state index is 9.45. The number of hydrogen-bond acceptors (Lipinski definition) is 2. The second-order valence-corrected chi connectivity index (χ2v) is 5.40. The Morgan fingerprint density at radius 3 is 2.88 bits per heavy atom. The molecule has 1 atom stereocenters. The molecule has 1 heterocycles. The summed E-state index contributed by atoms with van der Waals surface area (Å²) in [6.07, 6.45) is 2.83. The molecule has 1 aromatic carbocycles. The van der Waals surface area contributed by atoms with E-state index in [-0.39, 0.29) is 5.41 Å². The number of rotatable bonds is 3. The fraction of sp³-hybridized carbons (Fsp3) is 0.533. The standard InChI is InChI=1S/C15H19NO/c1-12(2)7-8-15(10-16)9-13-5-3-4-6-14(13)17-11-15/h3-6,12H,7-9,11H2,1-2H3. The highest BCUT2D eigenvalue weighted by Gasteiger charge is 2.35. The number of ether oxygens (including phenoxy) is 1. The van der Waals surface area contributed by atoms with Crippen molar-refractivity contribution in [2.24, 2.45) is 11.3 Å².